The molecular weight excluding hydrogens is 312 g/mol. The lowest BCUT2D eigenvalue weighted by molar-refractivity contribution is 0.157. The highest BCUT2D eigenvalue weighted by Crippen LogP contribution is 2.30. The number of benzene rings is 1. The van der Waals surface area contributed by atoms with Crippen LogP contribution in [0.2, 0.25) is 0 Å². The van der Waals surface area contributed by atoms with Gasteiger partial charge in [-0.05, 0) is 55.8 Å². The molecule has 2 N–H and O–H groups in total. The van der Waals surface area contributed by atoms with Crippen LogP contribution >= 0.6 is 15.9 Å². The lowest BCUT2D eigenvalue weighted by Gasteiger charge is -2.34. The van der Waals surface area contributed by atoms with Crippen molar-refractivity contribution < 1.29 is 0 Å². The van der Waals surface area contributed by atoms with E-state index >= 15 is 0 Å². The molecule has 0 heterocycles. The van der Waals surface area contributed by atoms with Crippen LogP contribution in [0.4, 0.5) is 0 Å². The van der Waals surface area contributed by atoms with Gasteiger partial charge in [-0.2, -0.15) is 0 Å². The summed E-state index contributed by atoms with van der Waals surface area (Å²) in [6.07, 6.45) is 6.86. The van der Waals surface area contributed by atoms with Gasteiger partial charge in [0.25, 0.3) is 0 Å². The molecule has 2 rings (SSSR count). The molecule has 0 spiro atoms. The van der Waals surface area contributed by atoms with E-state index in [0.29, 0.717) is 6.54 Å². The Kier molecular flexibility index (Phi) is 6.06. The number of hydrogen-bond donors (Lipinski definition) is 1. The van der Waals surface area contributed by atoms with Gasteiger partial charge in [0.15, 0.2) is 0 Å². The summed E-state index contributed by atoms with van der Waals surface area (Å²) >= 11 is 3.68. The summed E-state index contributed by atoms with van der Waals surface area (Å²) < 4.78 is 1.19. The van der Waals surface area contributed by atoms with Crippen molar-refractivity contribution in [2.75, 3.05) is 7.05 Å². The van der Waals surface area contributed by atoms with Gasteiger partial charge in [0.05, 0.1) is 0 Å². The maximum Gasteiger partial charge on any atom is 0.0244 e. The Bertz CT molecular complexity index is 425. The Balaban J connectivity index is 1.93. The SMILES string of the molecule is CCC1CCC(N(C)Cc2ccc(CN)cc2Br)CC1. The zero-order valence-electron chi connectivity index (χ0n) is 12.7. The van der Waals surface area contributed by atoms with Crippen molar-refractivity contribution in [3.63, 3.8) is 0 Å². The summed E-state index contributed by atoms with van der Waals surface area (Å²) in [7, 11) is 2.26. The minimum atomic E-state index is 0.607. The van der Waals surface area contributed by atoms with Crippen LogP contribution in [0.25, 0.3) is 0 Å². The molecule has 0 unspecified atom stereocenters. The topological polar surface area (TPSA) is 29.3 Å². The number of nitrogens with zero attached hydrogens (tertiary/aromatic N) is 1. The fraction of sp³-hybridized carbons (Fsp3) is 0.647. The van der Waals surface area contributed by atoms with Crippen molar-refractivity contribution in [3.8, 4) is 0 Å². The summed E-state index contributed by atoms with van der Waals surface area (Å²) in [5, 5.41) is 0. The maximum atomic E-state index is 5.68. The highest BCUT2D eigenvalue weighted by molar-refractivity contribution is 9.10. The quantitative estimate of drug-likeness (QED) is 0.866. The molecule has 112 valence electrons. The summed E-state index contributed by atoms with van der Waals surface area (Å²) in [6, 6.07) is 7.25. The number of rotatable bonds is 5. The normalized spacial score (nSPS) is 23.2. The Hall–Kier alpha value is -0.380. The molecule has 0 radical (unpaired) electrons. The van der Waals surface area contributed by atoms with Crippen LogP contribution in [-0.4, -0.2) is 18.0 Å². The van der Waals surface area contributed by atoms with Crippen molar-refractivity contribution in [3.05, 3.63) is 33.8 Å². The lowest BCUT2D eigenvalue weighted by atomic mass is 9.84. The van der Waals surface area contributed by atoms with E-state index in [-0.39, 0.29) is 0 Å². The molecule has 0 saturated heterocycles. The maximum absolute atomic E-state index is 5.68. The van der Waals surface area contributed by atoms with Crippen LogP contribution in [-0.2, 0) is 13.1 Å². The minimum absolute atomic E-state index is 0.607. The van der Waals surface area contributed by atoms with Crippen molar-refractivity contribution in [2.24, 2.45) is 11.7 Å². The van der Waals surface area contributed by atoms with Gasteiger partial charge < -0.3 is 5.73 Å². The molecule has 1 fully saturated rings. The second kappa shape index (κ2) is 7.58. The fourth-order valence-corrected chi connectivity index (χ4v) is 3.79. The molecule has 0 bridgehead atoms. The van der Waals surface area contributed by atoms with E-state index in [2.05, 4.69) is 53.0 Å². The van der Waals surface area contributed by atoms with E-state index in [1.165, 1.54) is 47.7 Å². The van der Waals surface area contributed by atoms with Gasteiger partial charge in [0, 0.05) is 23.6 Å². The van der Waals surface area contributed by atoms with Crippen LogP contribution < -0.4 is 5.73 Å². The molecular formula is C17H27BrN2. The van der Waals surface area contributed by atoms with Gasteiger partial charge in [0.2, 0.25) is 0 Å². The van der Waals surface area contributed by atoms with E-state index in [1.807, 2.05) is 0 Å². The molecule has 0 aliphatic heterocycles. The highest BCUT2D eigenvalue weighted by Gasteiger charge is 2.23. The molecule has 1 aromatic carbocycles. The molecule has 20 heavy (non-hydrogen) atoms. The molecule has 1 saturated carbocycles. The third kappa shape index (κ3) is 4.06. The number of nitrogens with two attached hydrogens (primary N) is 1. The summed E-state index contributed by atoms with van der Waals surface area (Å²) in [5.74, 6) is 0.968. The summed E-state index contributed by atoms with van der Waals surface area (Å²) in [5.41, 5.74) is 8.23. The monoisotopic (exact) mass is 338 g/mol. The first-order chi connectivity index (χ1) is 9.63. The molecule has 1 aliphatic carbocycles. The van der Waals surface area contributed by atoms with Gasteiger partial charge in [-0.1, -0.05) is 41.4 Å². The third-order valence-electron chi connectivity index (χ3n) is 4.79. The van der Waals surface area contributed by atoms with E-state index in [9.17, 15) is 0 Å². The highest BCUT2D eigenvalue weighted by atomic mass is 79.9. The van der Waals surface area contributed by atoms with Gasteiger partial charge in [-0.15, -0.1) is 0 Å². The van der Waals surface area contributed by atoms with Gasteiger partial charge in [-0.3, -0.25) is 4.90 Å². The number of halogens is 1. The average Bonchev–Trinajstić information content (AvgIpc) is 2.49. The van der Waals surface area contributed by atoms with E-state index in [0.717, 1.165) is 18.5 Å². The van der Waals surface area contributed by atoms with E-state index in [1.54, 1.807) is 0 Å². The minimum Gasteiger partial charge on any atom is -0.326 e. The zero-order chi connectivity index (χ0) is 14.5. The standard InChI is InChI=1S/C17H27BrN2/c1-3-13-5-8-16(9-6-13)20(2)12-15-7-4-14(11-19)10-17(15)18/h4,7,10,13,16H,3,5-6,8-9,11-12,19H2,1-2H3. The molecule has 3 heteroatoms. The van der Waals surface area contributed by atoms with Crippen molar-refractivity contribution in [2.45, 2.75) is 58.2 Å². The lowest BCUT2D eigenvalue weighted by Crippen LogP contribution is -2.34. The van der Waals surface area contributed by atoms with Crippen LogP contribution in [0.3, 0.4) is 0 Å². The molecule has 0 aromatic heterocycles. The predicted octanol–water partition coefficient (Wildman–Crippen LogP) is 4.31. The van der Waals surface area contributed by atoms with Crippen molar-refractivity contribution in [1.82, 2.24) is 4.90 Å². The second-order valence-electron chi connectivity index (χ2n) is 6.13. The van der Waals surface area contributed by atoms with Crippen LogP contribution in [0.15, 0.2) is 22.7 Å². The van der Waals surface area contributed by atoms with Crippen LogP contribution in [0, 0.1) is 5.92 Å². The smallest absolute Gasteiger partial charge is 0.0244 e. The first-order valence-electron chi connectivity index (χ1n) is 7.81. The van der Waals surface area contributed by atoms with Gasteiger partial charge in [0.1, 0.15) is 0 Å². The zero-order valence-corrected chi connectivity index (χ0v) is 14.3. The van der Waals surface area contributed by atoms with E-state index in [4.69, 9.17) is 5.73 Å². The second-order valence-corrected chi connectivity index (χ2v) is 6.98. The van der Waals surface area contributed by atoms with Crippen molar-refractivity contribution in [1.29, 1.82) is 0 Å². The Labute approximate surface area is 131 Å². The summed E-state index contributed by atoms with van der Waals surface area (Å²) in [4.78, 5) is 2.52. The average molecular weight is 339 g/mol. The Morgan fingerprint density at radius 3 is 2.50 bits per heavy atom. The van der Waals surface area contributed by atoms with Gasteiger partial charge >= 0.3 is 0 Å². The third-order valence-corrected chi connectivity index (χ3v) is 5.53. The van der Waals surface area contributed by atoms with Crippen LogP contribution in [0.5, 0.6) is 0 Å². The van der Waals surface area contributed by atoms with Crippen LogP contribution in [0.1, 0.15) is 50.2 Å². The number of hydrogen-bond acceptors (Lipinski definition) is 2. The first kappa shape index (κ1) is 16.0. The molecule has 0 atom stereocenters. The Morgan fingerprint density at radius 2 is 1.95 bits per heavy atom. The van der Waals surface area contributed by atoms with E-state index < -0.39 is 0 Å². The fourth-order valence-electron chi connectivity index (χ4n) is 3.24. The molecule has 2 nitrogen and oxygen atoms in total. The van der Waals surface area contributed by atoms with Gasteiger partial charge in [-0.25, -0.2) is 0 Å². The molecule has 0 amide bonds. The largest absolute Gasteiger partial charge is 0.326 e. The Morgan fingerprint density at radius 1 is 1.25 bits per heavy atom. The first-order valence-corrected chi connectivity index (χ1v) is 8.61. The predicted molar refractivity (Wildman–Crippen MR) is 89.5 cm³/mol. The molecule has 1 aliphatic rings. The summed E-state index contributed by atoms with van der Waals surface area (Å²) in [6.45, 7) is 3.95. The van der Waals surface area contributed by atoms with Crippen molar-refractivity contribution >= 4 is 15.9 Å². The molecule has 1 aromatic rings.